The number of rotatable bonds is 2. The van der Waals surface area contributed by atoms with Crippen LogP contribution in [0.4, 0.5) is 0 Å². The van der Waals surface area contributed by atoms with Gasteiger partial charge in [0.15, 0.2) is 0 Å². The fourth-order valence-electron chi connectivity index (χ4n) is 1.47. The van der Waals surface area contributed by atoms with Gasteiger partial charge in [0.05, 0.1) is 6.54 Å². The molecule has 54 valence electrons. The predicted octanol–water partition coefficient (Wildman–Crippen LogP) is -0.310. The molecule has 0 aromatic rings. The van der Waals surface area contributed by atoms with Crippen LogP contribution in [0, 0.1) is 5.92 Å². The van der Waals surface area contributed by atoms with Gasteiger partial charge in [0.1, 0.15) is 0 Å². The quantitative estimate of drug-likeness (QED) is 0.569. The molecule has 2 unspecified atom stereocenters. The van der Waals surface area contributed by atoms with Crippen LogP contribution >= 0.6 is 0 Å². The van der Waals surface area contributed by atoms with E-state index in [2.05, 4.69) is 6.08 Å². The van der Waals surface area contributed by atoms with Crippen molar-refractivity contribution in [3.05, 3.63) is 12.3 Å². The number of hydrogen-bond donors (Lipinski definition) is 1. The average molecular weight is 138 g/mol. The molecule has 0 aromatic heterocycles. The molecule has 2 aliphatic rings. The molecule has 1 aliphatic carbocycles. The summed E-state index contributed by atoms with van der Waals surface area (Å²) in [7, 11) is 0. The van der Waals surface area contributed by atoms with Gasteiger partial charge in [0.25, 0.3) is 0 Å². The number of primary amides is 1. The van der Waals surface area contributed by atoms with Crippen molar-refractivity contribution in [2.24, 2.45) is 11.7 Å². The van der Waals surface area contributed by atoms with E-state index in [4.69, 9.17) is 5.73 Å². The fourth-order valence-corrected chi connectivity index (χ4v) is 1.47. The van der Waals surface area contributed by atoms with Crippen LogP contribution in [-0.2, 0) is 4.79 Å². The van der Waals surface area contributed by atoms with E-state index in [1.807, 2.05) is 11.1 Å². The highest BCUT2D eigenvalue weighted by Crippen LogP contribution is 2.41. The molecule has 0 spiro atoms. The molecule has 0 aromatic carbocycles. The molecule has 10 heavy (non-hydrogen) atoms. The smallest absolute Gasteiger partial charge is 0.236 e. The van der Waals surface area contributed by atoms with Gasteiger partial charge in [-0.15, -0.1) is 0 Å². The Hall–Kier alpha value is -0.990. The molecule has 1 amide bonds. The number of nitrogens with two attached hydrogens (primary N) is 1. The van der Waals surface area contributed by atoms with Crippen LogP contribution in [0.15, 0.2) is 12.3 Å². The number of carbonyl (C=O) groups is 1. The van der Waals surface area contributed by atoms with Crippen LogP contribution in [0.3, 0.4) is 0 Å². The van der Waals surface area contributed by atoms with E-state index in [1.165, 1.54) is 6.42 Å². The Morgan fingerprint density at radius 1 is 1.80 bits per heavy atom. The minimum atomic E-state index is -0.239. The van der Waals surface area contributed by atoms with Crippen molar-refractivity contribution < 1.29 is 4.79 Å². The van der Waals surface area contributed by atoms with Gasteiger partial charge in [-0.3, -0.25) is 4.79 Å². The third kappa shape index (κ3) is 0.781. The van der Waals surface area contributed by atoms with E-state index >= 15 is 0 Å². The molecule has 2 N–H and O–H groups in total. The summed E-state index contributed by atoms with van der Waals surface area (Å²) in [6, 6.07) is 0.604. The summed E-state index contributed by atoms with van der Waals surface area (Å²) in [4.78, 5) is 12.5. The highest BCUT2D eigenvalue weighted by atomic mass is 16.1. The normalized spacial score (nSPS) is 34.2. The molecule has 0 radical (unpaired) electrons. The second-order valence-corrected chi connectivity index (χ2v) is 2.95. The summed E-state index contributed by atoms with van der Waals surface area (Å²) < 4.78 is 0. The van der Waals surface area contributed by atoms with Crippen LogP contribution in [-0.4, -0.2) is 23.4 Å². The number of amides is 1. The summed E-state index contributed by atoms with van der Waals surface area (Å²) >= 11 is 0. The van der Waals surface area contributed by atoms with Crippen molar-refractivity contribution in [3.63, 3.8) is 0 Å². The van der Waals surface area contributed by atoms with Crippen molar-refractivity contribution in [1.29, 1.82) is 0 Å². The second-order valence-electron chi connectivity index (χ2n) is 2.95. The highest BCUT2D eigenvalue weighted by molar-refractivity contribution is 5.76. The Bertz CT molecular complexity index is 200. The topological polar surface area (TPSA) is 46.3 Å². The first-order valence-corrected chi connectivity index (χ1v) is 3.50. The minimum absolute atomic E-state index is 0.239. The molecule has 1 aliphatic heterocycles. The van der Waals surface area contributed by atoms with Gasteiger partial charge in [-0.05, 0) is 12.6 Å². The lowest BCUT2D eigenvalue weighted by Crippen LogP contribution is -2.30. The Kier molecular flexibility index (Phi) is 1.01. The van der Waals surface area contributed by atoms with Crippen molar-refractivity contribution in [2.75, 3.05) is 6.54 Å². The van der Waals surface area contributed by atoms with Crippen LogP contribution in [0.25, 0.3) is 0 Å². The van der Waals surface area contributed by atoms with Crippen molar-refractivity contribution in [1.82, 2.24) is 4.90 Å². The molecule has 3 nitrogen and oxygen atoms in total. The van der Waals surface area contributed by atoms with E-state index in [1.54, 1.807) is 0 Å². The molecule has 0 bridgehead atoms. The summed E-state index contributed by atoms with van der Waals surface area (Å²) in [5.74, 6) is 0.483. The maximum Gasteiger partial charge on any atom is 0.236 e. The summed E-state index contributed by atoms with van der Waals surface area (Å²) in [5.41, 5.74) is 5.04. The zero-order chi connectivity index (χ0) is 7.14. The lowest BCUT2D eigenvalue weighted by atomic mass is 10.4. The zero-order valence-electron chi connectivity index (χ0n) is 5.66. The molecule has 1 heterocycles. The fraction of sp³-hybridized carbons (Fsp3) is 0.571. The lowest BCUT2D eigenvalue weighted by Gasteiger charge is -2.13. The molecule has 2 atom stereocenters. The Balaban J connectivity index is 1.94. The van der Waals surface area contributed by atoms with E-state index in [0.717, 1.165) is 5.92 Å². The second kappa shape index (κ2) is 1.75. The first kappa shape index (κ1) is 5.77. The van der Waals surface area contributed by atoms with Gasteiger partial charge in [-0.25, -0.2) is 0 Å². The van der Waals surface area contributed by atoms with Crippen molar-refractivity contribution in [3.8, 4) is 0 Å². The molecule has 2 rings (SSSR count). The summed E-state index contributed by atoms with van der Waals surface area (Å²) in [5, 5.41) is 0. The minimum Gasteiger partial charge on any atom is -0.368 e. The van der Waals surface area contributed by atoms with Gasteiger partial charge in [-0.1, -0.05) is 6.08 Å². The van der Waals surface area contributed by atoms with Gasteiger partial charge in [-0.2, -0.15) is 0 Å². The van der Waals surface area contributed by atoms with E-state index in [0.29, 0.717) is 12.6 Å². The SMILES string of the molecule is NC(=O)CN1C=CC2CC21. The maximum absolute atomic E-state index is 10.5. The number of carbonyl (C=O) groups excluding carboxylic acids is 1. The molecular formula is C7H10N2O. The Labute approximate surface area is 59.5 Å². The maximum atomic E-state index is 10.5. The van der Waals surface area contributed by atoms with Gasteiger partial charge >= 0.3 is 0 Å². The van der Waals surface area contributed by atoms with Crippen LogP contribution in [0.1, 0.15) is 6.42 Å². The van der Waals surface area contributed by atoms with Crippen LogP contribution in [0.5, 0.6) is 0 Å². The molecule has 1 fully saturated rings. The van der Waals surface area contributed by atoms with E-state index < -0.39 is 0 Å². The third-order valence-corrected chi connectivity index (χ3v) is 2.09. The molecular weight excluding hydrogens is 128 g/mol. The zero-order valence-corrected chi connectivity index (χ0v) is 5.66. The monoisotopic (exact) mass is 138 g/mol. The number of nitrogens with zero attached hydrogens (tertiary/aromatic N) is 1. The Morgan fingerprint density at radius 3 is 3.00 bits per heavy atom. The van der Waals surface area contributed by atoms with E-state index in [-0.39, 0.29) is 5.91 Å². The van der Waals surface area contributed by atoms with Gasteiger partial charge in [0, 0.05) is 12.0 Å². The van der Waals surface area contributed by atoms with Gasteiger partial charge < -0.3 is 10.6 Å². The molecule has 1 saturated carbocycles. The Morgan fingerprint density at radius 2 is 2.60 bits per heavy atom. The largest absolute Gasteiger partial charge is 0.368 e. The lowest BCUT2D eigenvalue weighted by molar-refractivity contribution is -0.118. The first-order chi connectivity index (χ1) is 4.77. The summed E-state index contributed by atoms with van der Waals surface area (Å²) in [6.07, 6.45) is 5.33. The molecule has 0 saturated heterocycles. The third-order valence-electron chi connectivity index (χ3n) is 2.09. The summed E-state index contributed by atoms with van der Waals surface area (Å²) in [6.45, 7) is 0.387. The van der Waals surface area contributed by atoms with Gasteiger partial charge in [0.2, 0.25) is 5.91 Å². The number of hydrogen-bond acceptors (Lipinski definition) is 2. The van der Waals surface area contributed by atoms with Crippen LogP contribution in [0.2, 0.25) is 0 Å². The standard InChI is InChI=1S/C7H10N2O/c8-7(10)4-9-2-1-5-3-6(5)9/h1-2,5-6H,3-4H2,(H2,8,10). The highest BCUT2D eigenvalue weighted by Gasteiger charge is 2.42. The average Bonchev–Trinajstić information content (AvgIpc) is 2.52. The van der Waals surface area contributed by atoms with Crippen molar-refractivity contribution in [2.45, 2.75) is 12.5 Å². The predicted molar refractivity (Wildman–Crippen MR) is 36.9 cm³/mol. The number of fused-ring (bicyclic) bond motifs is 1. The molecule has 3 heteroatoms. The van der Waals surface area contributed by atoms with E-state index in [9.17, 15) is 4.79 Å². The first-order valence-electron chi connectivity index (χ1n) is 3.50. The van der Waals surface area contributed by atoms with Crippen LogP contribution < -0.4 is 5.73 Å². The van der Waals surface area contributed by atoms with Crippen molar-refractivity contribution >= 4 is 5.91 Å².